The van der Waals surface area contributed by atoms with Crippen LogP contribution in [0.25, 0.3) is 10.4 Å². The van der Waals surface area contributed by atoms with Crippen LogP contribution in [-0.2, 0) is 19.0 Å². The molecule has 0 aliphatic carbocycles. The van der Waals surface area contributed by atoms with E-state index in [1.54, 1.807) is 0 Å². The summed E-state index contributed by atoms with van der Waals surface area (Å²) in [5, 5.41) is 2.89. The lowest BCUT2D eigenvalue weighted by Crippen LogP contribution is -2.17. The van der Waals surface area contributed by atoms with Gasteiger partial charge in [0, 0.05) is 4.91 Å². The summed E-state index contributed by atoms with van der Waals surface area (Å²) in [6.07, 6.45) is 0. The summed E-state index contributed by atoms with van der Waals surface area (Å²) >= 11 is 0. The highest BCUT2D eigenvalue weighted by molar-refractivity contribution is 7.89. The molecule has 0 saturated heterocycles. The van der Waals surface area contributed by atoms with Gasteiger partial charge in [0.1, 0.15) is 24.5 Å². The molecule has 0 aliphatic rings. The minimum atomic E-state index is -4.07. The van der Waals surface area contributed by atoms with Crippen LogP contribution >= 0.6 is 0 Å². The van der Waals surface area contributed by atoms with Gasteiger partial charge in [-0.3, -0.25) is 4.18 Å². The second kappa shape index (κ2) is 7.77. The predicted octanol–water partition coefficient (Wildman–Crippen LogP) is 2.83. The first kappa shape index (κ1) is 19.4. The Morgan fingerprint density at radius 2 is 1.71 bits per heavy atom. The van der Waals surface area contributed by atoms with Crippen molar-refractivity contribution in [1.29, 1.82) is 0 Å². The summed E-state index contributed by atoms with van der Waals surface area (Å²) < 4.78 is 84.4. The first-order valence-electron chi connectivity index (χ1n) is 5.76. The third-order valence-electron chi connectivity index (χ3n) is 2.36. The Morgan fingerprint density at radius 1 is 1.17 bits per heavy atom. The first-order valence-corrected chi connectivity index (χ1v) is 7.23. The molecule has 8 nitrogen and oxygen atoms in total. The summed E-state index contributed by atoms with van der Waals surface area (Å²) in [7, 11) is -4.07. The van der Waals surface area contributed by atoms with E-state index >= 15 is 0 Å². The largest absolute Gasteiger partial charge is 0.459 e. The Hall–Kier alpha value is -2.63. The number of rotatable bonds is 7. The molecule has 0 unspecified atom stereocenters. The van der Waals surface area contributed by atoms with E-state index in [4.69, 9.17) is 5.53 Å². The number of esters is 1. The molecule has 0 aliphatic heterocycles. The topological polar surface area (TPSA) is 118 Å². The van der Waals surface area contributed by atoms with Crippen molar-refractivity contribution in [1.82, 2.24) is 0 Å². The second-order valence-electron chi connectivity index (χ2n) is 3.79. The molecule has 0 atom stereocenters. The maximum absolute atomic E-state index is 13.6. The van der Waals surface area contributed by atoms with Gasteiger partial charge in [0.2, 0.25) is 0 Å². The molecule has 0 fully saturated rings. The Morgan fingerprint density at radius 3 is 2.17 bits per heavy atom. The van der Waals surface area contributed by atoms with E-state index in [1.807, 2.05) is 4.91 Å². The van der Waals surface area contributed by atoms with E-state index in [9.17, 15) is 30.8 Å². The van der Waals surface area contributed by atoms with Crippen LogP contribution in [-0.4, -0.2) is 27.6 Å². The first-order chi connectivity index (χ1) is 11.2. The third-order valence-corrected chi connectivity index (χ3v) is 3.26. The molecule has 0 bridgehead atoms. The lowest BCUT2D eigenvalue weighted by atomic mass is 10.1. The highest BCUT2D eigenvalue weighted by Gasteiger charge is 2.30. The van der Waals surface area contributed by atoms with Crippen LogP contribution in [0.2, 0.25) is 0 Å². The molecule has 24 heavy (non-hydrogen) atoms. The van der Waals surface area contributed by atoms with E-state index in [0.717, 1.165) is 0 Å². The number of benzene rings is 1. The summed E-state index contributed by atoms with van der Waals surface area (Å²) in [5.41, 5.74) is 4.77. The smallest absolute Gasteiger partial charge is 0.344 e. The molecule has 0 spiro atoms. The molecule has 0 amide bonds. The molecular weight excluding hydrogens is 362 g/mol. The van der Waals surface area contributed by atoms with E-state index in [-0.39, 0.29) is 0 Å². The van der Waals surface area contributed by atoms with Crippen molar-refractivity contribution in [3.05, 3.63) is 51.3 Å². The van der Waals surface area contributed by atoms with Gasteiger partial charge in [0.15, 0.2) is 23.3 Å². The Kier molecular flexibility index (Phi) is 6.28. The quantitative estimate of drug-likeness (QED) is 0.107. The van der Waals surface area contributed by atoms with Crippen LogP contribution in [0.3, 0.4) is 0 Å². The van der Waals surface area contributed by atoms with Gasteiger partial charge in [-0.05, 0) is 5.53 Å². The van der Waals surface area contributed by atoms with Crippen molar-refractivity contribution >= 4 is 21.8 Å². The number of carbonyl (C=O) groups is 1. The number of hydrogen-bond acceptors (Lipinski definition) is 6. The summed E-state index contributed by atoms with van der Waals surface area (Å²) in [6.45, 7) is 1.39. The molecule has 1 aromatic carbocycles. The maximum Gasteiger partial charge on any atom is 0.344 e. The SMILES string of the molecule is C=CS(=O)(=O)OCCOC(=O)c1c(F)c(F)c(N=[N+]=[N-])c(F)c1F. The van der Waals surface area contributed by atoms with Crippen LogP contribution in [0.5, 0.6) is 0 Å². The Bertz CT molecular complexity index is 808. The maximum atomic E-state index is 13.6. The monoisotopic (exact) mass is 369 g/mol. The van der Waals surface area contributed by atoms with Gasteiger partial charge in [-0.25, -0.2) is 22.4 Å². The van der Waals surface area contributed by atoms with Gasteiger partial charge in [-0.15, -0.1) is 0 Å². The Labute approximate surface area is 132 Å². The number of azide groups is 1. The highest BCUT2D eigenvalue weighted by Crippen LogP contribution is 2.30. The molecule has 1 aromatic rings. The van der Waals surface area contributed by atoms with Gasteiger partial charge in [0.25, 0.3) is 10.1 Å². The molecule has 0 aromatic heterocycles. The Balaban J connectivity index is 3.00. The van der Waals surface area contributed by atoms with Crippen LogP contribution in [0.1, 0.15) is 10.4 Å². The fourth-order valence-corrected chi connectivity index (χ4v) is 1.73. The molecule has 0 saturated carbocycles. The van der Waals surface area contributed by atoms with E-state index < -0.39 is 63.8 Å². The minimum Gasteiger partial charge on any atom is -0.459 e. The summed E-state index contributed by atoms with van der Waals surface area (Å²) in [6, 6.07) is 0. The fourth-order valence-electron chi connectivity index (χ4n) is 1.34. The van der Waals surface area contributed by atoms with Crippen molar-refractivity contribution in [2.75, 3.05) is 13.2 Å². The second-order valence-corrected chi connectivity index (χ2v) is 5.34. The molecule has 0 heterocycles. The van der Waals surface area contributed by atoms with Crippen molar-refractivity contribution in [2.24, 2.45) is 5.11 Å². The standard InChI is InChI=1S/C11H7F4N3O5S/c1-2-24(20,21)23-4-3-22-11(19)5-6(12)8(14)10(17-18-16)9(15)7(5)13/h2H,1,3-4H2. The summed E-state index contributed by atoms with van der Waals surface area (Å²) in [4.78, 5) is 13.5. The zero-order valence-corrected chi connectivity index (χ0v) is 12.3. The van der Waals surface area contributed by atoms with Crippen molar-refractivity contribution in [3.63, 3.8) is 0 Å². The predicted molar refractivity (Wildman–Crippen MR) is 70.4 cm³/mol. The zero-order valence-electron chi connectivity index (χ0n) is 11.5. The number of hydrogen-bond donors (Lipinski definition) is 0. The molecule has 0 radical (unpaired) electrons. The number of ether oxygens (including phenoxy) is 1. The number of halogens is 4. The lowest BCUT2D eigenvalue weighted by molar-refractivity contribution is 0.0440. The van der Waals surface area contributed by atoms with E-state index in [1.165, 1.54) is 0 Å². The van der Waals surface area contributed by atoms with Crippen LogP contribution in [0.15, 0.2) is 17.1 Å². The van der Waals surface area contributed by atoms with Gasteiger partial charge in [-0.1, -0.05) is 11.7 Å². The molecule has 0 N–H and O–H groups in total. The average Bonchev–Trinajstić information content (AvgIpc) is 2.54. The molecule has 130 valence electrons. The normalized spacial score (nSPS) is 10.8. The highest BCUT2D eigenvalue weighted by atomic mass is 32.2. The van der Waals surface area contributed by atoms with Crippen LogP contribution < -0.4 is 0 Å². The fraction of sp³-hybridized carbons (Fsp3) is 0.182. The number of nitrogens with zero attached hydrogens (tertiary/aromatic N) is 3. The van der Waals surface area contributed by atoms with E-state index in [2.05, 4.69) is 20.6 Å². The van der Waals surface area contributed by atoms with Gasteiger partial charge in [0.05, 0.1) is 5.41 Å². The van der Waals surface area contributed by atoms with Gasteiger partial charge in [-0.2, -0.15) is 8.42 Å². The zero-order chi connectivity index (χ0) is 18.5. The lowest BCUT2D eigenvalue weighted by Gasteiger charge is -2.09. The van der Waals surface area contributed by atoms with Gasteiger partial charge < -0.3 is 4.74 Å². The molecule has 1 rings (SSSR count). The van der Waals surface area contributed by atoms with Crippen molar-refractivity contribution < 1.29 is 39.7 Å². The van der Waals surface area contributed by atoms with E-state index in [0.29, 0.717) is 5.41 Å². The van der Waals surface area contributed by atoms with Gasteiger partial charge >= 0.3 is 5.97 Å². The average molecular weight is 369 g/mol. The van der Waals surface area contributed by atoms with Crippen LogP contribution in [0.4, 0.5) is 23.2 Å². The number of carbonyl (C=O) groups excluding carboxylic acids is 1. The van der Waals surface area contributed by atoms with Crippen LogP contribution in [0, 0.1) is 23.3 Å². The van der Waals surface area contributed by atoms with Crippen molar-refractivity contribution in [2.45, 2.75) is 0 Å². The minimum absolute atomic E-state index is 0.452. The third kappa shape index (κ3) is 4.22. The van der Waals surface area contributed by atoms with Crippen molar-refractivity contribution in [3.8, 4) is 0 Å². The molecule has 13 heteroatoms. The summed E-state index contributed by atoms with van der Waals surface area (Å²) in [5.74, 6) is -10.3. The molecular formula is C11H7F4N3O5S.